The fourth-order valence-corrected chi connectivity index (χ4v) is 1.91. The van der Waals surface area contributed by atoms with Crippen LogP contribution in [0.25, 0.3) is 0 Å². The van der Waals surface area contributed by atoms with Gasteiger partial charge in [0.15, 0.2) is 6.61 Å². The van der Waals surface area contributed by atoms with Crippen molar-refractivity contribution in [2.24, 2.45) is 0 Å². The standard InChI is InChI=1S/C7H12N2O4S/c10-6(11)3-13-9-7(12)5-4-14-2-1-8-5/h5,8H,1-4H2,(H,9,12)(H,10,11). The molecule has 1 unspecified atom stereocenters. The van der Waals surface area contributed by atoms with Gasteiger partial charge in [-0.2, -0.15) is 11.8 Å². The lowest BCUT2D eigenvalue weighted by Crippen LogP contribution is -2.49. The van der Waals surface area contributed by atoms with E-state index >= 15 is 0 Å². The van der Waals surface area contributed by atoms with Crippen molar-refractivity contribution in [3.05, 3.63) is 0 Å². The molecule has 1 atom stereocenters. The number of carboxylic acids is 1. The summed E-state index contributed by atoms with van der Waals surface area (Å²) in [5.74, 6) is 0.233. The van der Waals surface area contributed by atoms with Gasteiger partial charge in [0.2, 0.25) is 0 Å². The number of hydroxylamine groups is 1. The quantitative estimate of drug-likeness (QED) is 0.517. The number of nitrogens with one attached hydrogen (secondary N) is 2. The third-order valence-corrected chi connectivity index (χ3v) is 2.67. The van der Waals surface area contributed by atoms with Crippen molar-refractivity contribution in [3.63, 3.8) is 0 Å². The van der Waals surface area contributed by atoms with Gasteiger partial charge in [-0.1, -0.05) is 0 Å². The molecule has 0 aromatic rings. The van der Waals surface area contributed by atoms with Gasteiger partial charge in [-0.3, -0.25) is 9.63 Å². The average Bonchev–Trinajstić information content (AvgIpc) is 2.18. The van der Waals surface area contributed by atoms with Crippen LogP contribution in [0.3, 0.4) is 0 Å². The Morgan fingerprint density at radius 2 is 2.43 bits per heavy atom. The molecule has 0 bridgehead atoms. The number of hydrogen-bond acceptors (Lipinski definition) is 5. The van der Waals surface area contributed by atoms with E-state index in [1.54, 1.807) is 11.8 Å². The van der Waals surface area contributed by atoms with Gasteiger partial charge in [0, 0.05) is 18.1 Å². The van der Waals surface area contributed by atoms with Gasteiger partial charge < -0.3 is 10.4 Å². The predicted molar refractivity (Wildman–Crippen MR) is 50.8 cm³/mol. The second-order valence-electron chi connectivity index (χ2n) is 2.73. The number of carboxylic acid groups (broad SMARTS) is 1. The molecule has 1 saturated heterocycles. The average molecular weight is 220 g/mol. The lowest BCUT2D eigenvalue weighted by Gasteiger charge is -2.21. The SMILES string of the molecule is O=C(O)CONC(=O)C1CSCCN1. The van der Waals surface area contributed by atoms with Crippen LogP contribution < -0.4 is 10.8 Å². The first-order chi connectivity index (χ1) is 6.70. The van der Waals surface area contributed by atoms with E-state index in [1.165, 1.54) is 0 Å². The molecule has 6 nitrogen and oxygen atoms in total. The van der Waals surface area contributed by atoms with Gasteiger partial charge in [-0.15, -0.1) is 0 Å². The molecule has 0 saturated carbocycles. The molecule has 14 heavy (non-hydrogen) atoms. The molecular weight excluding hydrogens is 208 g/mol. The number of thioether (sulfide) groups is 1. The van der Waals surface area contributed by atoms with Crippen molar-refractivity contribution in [2.75, 3.05) is 24.7 Å². The first kappa shape index (κ1) is 11.3. The Kier molecular flexibility index (Phi) is 4.71. The fourth-order valence-electron chi connectivity index (χ4n) is 0.974. The number of aliphatic carboxylic acids is 1. The molecule has 0 aromatic carbocycles. The van der Waals surface area contributed by atoms with Crippen molar-refractivity contribution >= 4 is 23.6 Å². The Bertz CT molecular complexity index is 218. The van der Waals surface area contributed by atoms with Gasteiger partial charge in [0.05, 0.1) is 6.04 Å². The topological polar surface area (TPSA) is 87.7 Å². The van der Waals surface area contributed by atoms with Crippen LogP contribution in [0.2, 0.25) is 0 Å². The van der Waals surface area contributed by atoms with Crippen LogP contribution in [-0.4, -0.2) is 47.7 Å². The molecule has 0 aromatic heterocycles. The summed E-state index contributed by atoms with van der Waals surface area (Å²) in [6, 6.07) is -0.289. The summed E-state index contributed by atoms with van der Waals surface area (Å²) in [4.78, 5) is 25.8. The first-order valence-corrected chi connectivity index (χ1v) is 5.30. The Morgan fingerprint density at radius 1 is 1.64 bits per heavy atom. The summed E-state index contributed by atoms with van der Waals surface area (Å²) < 4.78 is 0. The molecule has 1 fully saturated rings. The fraction of sp³-hybridized carbons (Fsp3) is 0.714. The first-order valence-electron chi connectivity index (χ1n) is 4.14. The summed E-state index contributed by atoms with van der Waals surface area (Å²) in [5, 5.41) is 11.2. The van der Waals surface area contributed by atoms with E-state index in [-0.39, 0.29) is 11.9 Å². The summed E-state index contributed by atoms with van der Waals surface area (Å²) in [5.41, 5.74) is 2.09. The van der Waals surface area contributed by atoms with E-state index in [9.17, 15) is 9.59 Å². The minimum Gasteiger partial charge on any atom is -0.479 e. The van der Waals surface area contributed by atoms with Gasteiger partial charge >= 0.3 is 5.97 Å². The van der Waals surface area contributed by atoms with E-state index in [0.29, 0.717) is 5.75 Å². The summed E-state index contributed by atoms with van der Waals surface area (Å²) in [6.45, 7) is 0.257. The molecule has 1 rings (SSSR count). The molecular formula is C7H12N2O4S. The highest BCUT2D eigenvalue weighted by molar-refractivity contribution is 7.99. The van der Waals surface area contributed by atoms with Crippen molar-refractivity contribution in [3.8, 4) is 0 Å². The van der Waals surface area contributed by atoms with Crippen LogP contribution >= 0.6 is 11.8 Å². The maximum atomic E-state index is 11.3. The van der Waals surface area contributed by atoms with Crippen LogP contribution in [0.1, 0.15) is 0 Å². The zero-order valence-electron chi connectivity index (χ0n) is 7.49. The van der Waals surface area contributed by atoms with E-state index < -0.39 is 12.6 Å². The molecule has 80 valence electrons. The zero-order valence-corrected chi connectivity index (χ0v) is 8.30. The zero-order chi connectivity index (χ0) is 10.4. The predicted octanol–water partition coefficient (Wildman–Crippen LogP) is -1.18. The molecule has 7 heteroatoms. The molecule has 3 N–H and O–H groups in total. The molecule has 1 aliphatic heterocycles. The maximum Gasteiger partial charge on any atom is 0.332 e. The Hall–Kier alpha value is -0.790. The molecule has 1 aliphatic rings. The monoisotopic (exact) mass is 220 g/mol. The normalized spacial score (nSPS) is 21.6. The largest absolute Gasteiger partial charge is 0.479 e. The van der Waals surface area contributed by atoms with Crippen molar-refractivity contribution in [1.29, 1.82) is 0 Å². The second kappa shape index (κ2) is 5.84. The number of rotatable bonds is 4. The highest BCUT2D eigenvalue weighted by Gasteiger charge is 2.20. The van der Waals surface area contributed by atoms with Crippen LogP contribution in [0.5, 0.6) is 0 Å². The third-order valence-electron chi connectivity index (χ3n) is 1.61. The van der Waals surface area contributed by atoms with E-state index in [2.05, 4.69) is 15.6 Å². The Labute approximate surface area is 85.3 Å². The van der Waals surface area contributed by atoms with Gasteiger partial charge in [-0.25, -0.2) is 10.3 Å². The number of hydrogen-bond donors (Lipinski definition) is 3. The molecule has 0 aliphatic carbocycles. The molecule has 1 amide bonds. The van der Waals surface area contributed by atoms with Crippen molar-refractivity contribution in [2.45, 2.75) is 6.04 Å². The van der Waals surface area contributed by atoms with E-state index in [0.717, 1.165) is 12.3 Å². The third kappa shape index (κ3) is 3.95. The van der Waals surface area contributed by atoms with Gasteiger partial charge in [0.1, 0.15) is 0 Å². The van der Waals surface area contributed by atoms with Crippen molar-refractivity contribution in [1.82, 2.24) is 10.8 Å². The lowest BCUT2D eigenvalue weighted by molar-refractivity contribution is -0.149. The highest BCUT2D eigenvalue weighted by atomic mass is 32.2. The smallest absolute Gasteiger partial charge is 0.332 e. The molecule has 0 radical (unpaired) electrons. The summed E-state index contributed by atoms with van der Waals surface area (Å²) in [6.07, 6.45) is 0. The minimum absolute atomic E-state index is 0.289. The molecule has 1 heterocycles. The van der Waals surface area contributed by atoms with Gasteiger partial charge in [-0.05, 0) is 0 Å². The number of amides is 1. The molecule has 0 spiro atoms. The Balaban J connectivity index is 2.16. The lowest BCUT2D eigenvalue weighted by atomic mass is 10.3. The minimum atomic E-state index is -1.11. The second-order valence-corrected chi connectivity index (χ2v) is 3.88. The van der Waals surface area contributed by atoms with Crippen LogP contribution in [0.4, 0.5) is 0 Å². The Morgan fingerprint density at radius 3 is 3.00 bits per heavy atom. The number of carbonyl (C=O) groups is 2. The number of carbonyl (C=O) groups excluding carboxylic acids is 1. The van der Waals surface area contributed by atoms with Crippen LogP contribution in [0.15, 0.2) is 0 Å². The van der Waals surface area contributed by atoms with Crippen LogP contribution in [-0.2, 0) is 14.4 Å². The van der Waals surface area contributed by atoms with Gasteiger partial charge in [0.25, 0.3) is 5.91 Å². The maximum absolute atomic E-state index is 11.3. The van der Waals surface area contributed by atoms with Crippen molar-refractivity contribution < 1.29 is 19.5 Å². The van der Waals surface area contributed by atoms with E-state index in [1.807, 2.05) is 0 Å². The van der Waals surface area contributed by atoms with E-state index in [4.69, 9.17) is 5.11 Å². The summed E-state index contributed by atoms with van der Waals surface area (Å²) in [7, 11) is 0. The van der Waals surface area contributed by atoms with Crippen LogP contribution in [0, 0.1) is 0 Å². The highest BCUT2D eigenvalue weighted by Crippen LogP contribution is 2.07. The summed E-state index contributed by atoms with van der Waals surface area (Å²) >= 11 is 1.68.